The number of carbonyl (C=O) groups excluding carboxylic acids is 3. The van der Waals surface area contributed by atoms with Gasteiger partial charge in [0.1, 0.15) is 0 Å². The van der Waals surface area contributed by atoms with Crippen LogP contribution in [0.4, 0.5) is 11.4 Å². The second-order valence-corrected chi connectivity index (χ2v) is 17.3. The first-order chi connectivity index (χ1) is 27.1. The first-order valence-corrected chi connectivity index (χ1v) is 20.8. The summed E-state index contributed by atoms with van der Waals surface area (Å²) in [6.07, 6.45) is 12.6. The molecule has 0 spiro atoms. The number of hydrogen-bond acceptors (Lipinski definition) is 7. The highest BCUT2D eigenvalue weighted by Crippen LogP contribution is 2.56. The number of anilines is 2. The zero-order valence-corrected chi connectivity index (χ0v) is 33.0. The molecule has 3 fully saturated rings. The first kappa shape index (κ1) is 36.8. The van der Waals surface area contributed by atoms with E-state index in [0.717, 1.165) is 103 Å². The molecule has 56 heavy (non-hydrogen) atoms. The lowest BCUT2D eigenvalue weighted by molar-refractivity contribution is -0.119. The minimum absolute atomic E-state index is 0.0788. The van der Waals surface area contributed by atoms with Crippen molar-refractivity contribution in [2.45, 2.75) is 110 Å². The fourth-order valence-corrected chi connectivity index (χ4v) is 10.4. The fourth-order valence-electron chi connectivity index (χ4n) is 10.4. The second kappa shape index (κ2) is 14.9. The monoisotopic (exact) mass is 757 g/mol. The molecule has 2 aromatic carbocycles. The van der Waals surface area contributed by atoms with Gasteiger partial charge in [-0.3, -0.25) is 24.0 Å². The maximum Gasteiger partial charge on any atom is 0.291 e. The number of fused-ring (bicyclic) bond motifs is 4. The van der Waals surface area contributed by atoms with Crippen LogP contribution in [0.5, 0.6) is 0 Å². The van der Waals surface area contributed by atoms with Gasteiger partial charge < -0.3 is 25.8 Å². The number of nitrogens with one attached hydrogen (secondary N) is 4. The summed E-state index contributed by atoms with van der Waals surface area (Å²) in [5.74, 6) is 1.06. The number of benzene rings is 2. The molecule has 3 amide bonds. The van der Waals surface area contributed by atoms with Gasteiger partial charge in [0.25, 0.3) is 11.8 Å². The van der Waals surface area contributed by atoms with Crippen molar-refractivity contribution in [1.82, 2.24) is 34.9 Å². The van der Waals surface area contributed by atoms with Crippen LogP contribution in [0.1, 0.15) is 120 Å². The van der Waals surface area contributed by atoms with Gasteiger partial charge in [-0.1, -0.05) is 24.3 Å². The third kappa shape index (κ3) is 7.06. The third-order valence-electron chi connectivity index (χ3n) is 13.8. The van der Waals surface area contributed by atoms with E-state index in [0.29, 0.717) is 35.6 Å². The Morgan fingerprint density at radius 1 is 0.929 bits per heavy atom. The number of hydrogen-bond donors (Lipinski definition) is 4. The maximum absolute atomic E-state index is 13.8. The molecule has 12 nitrogen and oxygen atoms in total. The number of rotatable bonds is 11. The van der Waals surface area contributed by atoms with Gasteiger partial charge in [-0.2, -0.15) is 5.10 Å². The Bertz CT molecular complexity index is 2180. The van der Waals surface area contributed by atoms with E-state index in [-0.39, 0.29) is 29.8 Å². The van der Waals surface area contributed by atoms with Crippen molar-refractivity contribution in [3.8, 4) is 11.1 Å². The van der Waals surface area contributed by atoms with Crippen molar-refractivity contribution in [2.24, 2.45) is 18.4 Å². The van der Waals surface area contributed by atoms with E-state index in [2.05, 4.69) is 37.3 Å². The van der Waals surface area contributed by atoms with Gasteiger partial charge in [0.05, 0.1) is 11.4 Å². The molecule has 2 aromatic heterocycles. The minimum Gasteiger partial charge on any atom is -0.352 e. The van der Waals surface area contributed by atoms with Crippen molar-refractivity contribution in [3.05, 3.63) is 82.2 Å². The van der Waals surface area contributed by atoms with Gasteiger partial charge in [0, 0.05) is 75.2 Å². The predicted molar refractivity (Wildman–Crippen MR) is 216 cm³/mol. The summed E-state index contributed by atoms with van der Waals surface area (Å²) in [5, 5.41) is 17.6. The molecule has 5 heterocycles. The smallest absolute Gasteiger partial charge is 0.291 e. The van der Waals surface area contributed by atoms with Gasteiger partial charge in [0.2, 0.25) is 5.91 Å². The summed E-state index contributed by atoms with van der Waals surface area (Å²) >= 11 is 0. The molecule has 0 radical (unpaired) electrons. The van der Waals surface area contributed by atoms with Crippen LogP contribution >= 0.6 is 0 Å². The zero-order chi connectivity index (χ0) is 38.6. The SMILES string of the molecule is Cc1c(NC(=O)c2cc3n(n2)CCCC3NC[C@@H]2CCC(=O)N2)cccc1-c1cccc(NC(=O)c2nc3c(n2C)CCN(CCC24CCC(CC2)C4)C3)c1C. The number of aromatic nitrogens is 4. The van der Waals surface area contributed by atoms with Crippen LogP contribution in [-0.4, -0.2) is 67.6 Å². The maximum atomic E-state index is 13.8. The summed E-state index contributed by atoms with van der Waals surface area (Å²) in [6.45, 7) is 8.43. The molecule has 2 atom stereocenters. The molecule has 2 aliphatic carbocycles. The predicted octanol–water partition coefficient (Wildman–Crippen LogP) is 6.44. The molecular weight excluding hydrogens is 703 g/mol. The lowest BCUT2D eigenvalue weighted by atomic mass is 9.81. The van der Waals surface area contributed by atoms with Gasteiger partial charge in [-0.15, -0.1) is 0 Å². The van der Waals surface area contributed by atoms with E-state index in [1.807, 2.05) is 66.5 Å². The molecule has 9 rings (SSSR count). The van der Waals surface area contributed by atoms with Gasteiger partial charge >= 0.3 is 0 Å². The Balaban J connectivity index is 0.862. The summed E-state index contributed by atoms with van der Waals surface area (Å²) in [4.78, 5) is 46.6. The van der Waals surface area contributed by atoms with Crippen molar-refractivity contribution in [2.75, 3.05) is 30.3 Å². The Labute approximate surface area is 329 Å². The van der Waals surface area contributed by atoms with E-state index >= 15 is 0 Å². The molecule has 12 heteroatoms. The molecule has 1 saturated heterocycles. The number of nitrogens with zero attached hydrogens (tertiary/aromatic N) is 5. The molecular formula is C44H55N9O3. The van der Waals surface area contributed by atoms with Crippen LogP contribution in [0.25, 0.3) is 11.1 Å². The molecule has 4 N–H and O–H groups in total. The number of amides is 3. The second-order valence-electron chi connectivity index (χ2n) is 17.3. The van der Waals surface area contributed by atoms with Crippen LogP contribution in [0.2, 0.25) is 0 Å². The average molecular weight is 758 g/mol. The third-order valence-corrected chi connectivity index (χ3v) is 13.8. The van der Waals surface area contributed by atoms with E-state index < -0.39 is 0 Å². The Morgan fingerprint density at radius 2 is 1.66 bits per heavy atom. The highest BCUT2D eigenvalue weighted by atomic mass is 16.2. The lowest BCUT2D eigenvalue weighted by Gasteiger charge is -2.32. The molecule has 294 valence electrons. The summed E-state index contributed by atoms with van der Waals surface area (Å²) in [7, 11) is 1.96. The molecule has 5 aliphatic rings. The highest BCUT2D eigenvalue weighted by Gasteiger charge is 2.44. The number of carbonyl (C=O) groups is 3. The largest absolute Gasteiger partial charge is 0.352 e. The lowest BCUT2D eigenvalue weighted by Crippen LogP contribution is -2.38. The molecule has 2 saturated carbocycles. The Hall–Kier alpha value is -4.81. The average Bonchev–Trinajstić information content (AvgIpc) is 4.05. The van der Waals surface area contributed by atoms with Crippen LogP contribution in [0.15, 0.2) is 42.5 Å². The van der Waals surface area contributed by atoms with E-state index in [1.165, 1.54) is 38.5 Å². The van der Waals surface area contributed by atoms with Crippen molar-refractivity contribution >= 4 is 29.1 Å². The van der Waals surface area contributed by atoms with E-state index in [4.69, 9.17) is 4.98 Å². The quantitative estimate of drug-likeness (QED) is 0.138. The molecule has 2 bridgehead atoms. The highest BCUT2D eigenvalue weighted by molar-refractivity contribution is 6.05. The Morgan fingerprint density at radius 3 is 2.34 bits per heavy atom. The van der Waals surface area contributed by atoms with Crippen molar-refractivity contribution in [3.63, 3.8) is 0 Å². The molecule has 1 unspecified atom stereocenters. The Kier molecular flexibility index (Phi) is 9.81. The first-order valence-electron chi connectivity index (χ1n) is 20.8. The molecule has 4 aromatic rings. The van der Waals surface area contributed by atoms with Crippen LogP contribution in [0.3, 0.4) is 0 Å². The van der Waals surface area contributed by atoms with Crippen molar-refractivity contribution in [1.29, 1.82) is 0 Å². The number of imidazole rings is 1. The normalized spacial score (nSPS) is 24.2. The standard InChI is InChI=1S/C44H55N9O3/c1-27-31(7-4-9-33(27)48-42(55)36-23-39-35(11-6-20-53(39)50-36)45-25-30-12-13-40(54)46-30)32-8-5-10-34(28(32)2)49-43(56)41-47-37-26-52(21-16-38(37)51(41)3)22-19-44-17-14-29(24-44)15-18-44/h4-5,7-10,23,29-30,35,45H,6,11-22,24-26H2,1-3H3,(H,46,54)(H,48,55)(H,49,56)/t29?,30-,35?,44?/m0/s1. The van der Waals surface area contributed by atoms with Crippen molar-refractivity contribution < 1.29 is 14.4 Å². The van der Waals surface area contributed by atoms with Gasteiger partial charge in [-0.05, 0) is 130 Å². The van der Waals surface area contributed by atoms with E-state index in [1.54, 1.807) is 0 Å². The summed E-state index contributed by atoms with van der Waals surface area (Å²) < 4.78 is 3.92. The minimum atomic E-state index is -0.256. The molecule has 3 aliphatic heterocycles. The van der Waals surface area contributed by atoms with E-state index in [9.17, 15) is 14.4 Å². The van der Waals surface area contributed by atoms with Crippen LogP contribution < -0.4 is 21.3 Å². The van der Waals surface area contributed by atoms with Gasteiger partial charge in [0.15, 0.2) is 11.5 Å². The number of aryl methyl sites for hydroxylation is 1. The summed E-state index contributed by atoms with van der Waals surface area (Å²) in [6, 6.07) is 14.0. The fraction of sp³-hybridized carbons (Fsp3) is 0.523. The van der Waals surface area contributed by atoms with Gasteiger partial charge in [-0.25, -0.2) is 4.98 Å². The van der Waals surface area contributed by atoms with Crippen LogP contribution in [-0.2, 0) is 31.4 Å². The van der Waals surface area contributed by atoms with Crippen LogP contribution in [0, 0.1) is 25.2 Å². The topological polar surface area (TPSA) is 138 Å². The summed E-state index contributed by atoms with van der Waals surface area (Å²) in [5.41, 5.74) is 9.42. The zero-order valence-electron chi connectivity index (χ0n) is 33.0.